The highest BCUT2D eigenvalue weighted by atomic mass is 35.5. The van der Waals surface area contributed by atoms with E-state index in [9.17, 15) is 9.90 Å². The normalized spacial score (nSPS) is 9.83. The molecule has 3 N–H and O–H groups in total. The van der Waals surface area contributed by atoms with Gasteiger partial charge in [-0.3, -0.25) is 0 Å². The number of anilines is 2. The Morgan fingerprint density at radius 3 is 2.33 bits per heavy atom. The number of hydrogen-bond acceptors (Lipinski definition) is 2. The van der Waals surface area contributed by atoms with Gasteiger partial charge in [0.25, 0.3) is 0 Å². The minimum Gasteiger partial charge on any atom is -0.506 e. The quantitative estimate of drug-likeness (QED) is 0.773. The first-order valence-electron chi connectivity index (χ1n) is 5.27. The number of hydrogen-bond donors (Lipinski definition) is 3. The number of carbonyl (C=O) groups excluding carboxylic acids is 1. The second kappa shape index (κ2) is 5.42. The average molecular weight is 263 g/mol. The molecule has 0 aromatic heterocycles. The van der Waals surface area contributed by atoms with Gasteiger partial charge >= 0.3 is 6.03 Å². The Bertz CT molecular complexity index is 558. The lowest BCUT2D eigenvalue weighted by atomic mass is 10.3. The third-order valence-corrected chi connectivity index (χ3v) is 2.56. The number of para-hydroxylation sites is 1. The van der Waals surface area contributed by atoms with Crippen molar-refractivity contribution < 1.29 is 9.90 Å². The lowest BCUT2D eigenvalue weighted by Crippen LogP contribution is -2.19. The molecule has 2 aromatic carbocycles. The number of rotatable bonds is 2. The van der Waals surface area contributed by atoms with Gasteiger partial charge in [-0.15, -0.1) is 0 Å². The molecule has 0 aliphatic carbocycles. The number of phenols is 1. The van der Waals surface area contributed by atoms with E-state index in [0.717, 1.165) is 0 Å². The molecule has 92 valence electrons. The predicted molar refractivity (Wildman–Crippen MR) is 72.2 cm³/mol. The summed E-state index contributed by atoms with van der Waals surface area (Å²) in [5.74, 6) is -0.0748. The van der Waals surface area contributed by atoms with Crippen LogP contribution in [0.1, 0.15) is 0 Å². The van der Waals surface area contributed by atoms with Crippen LogP contribution in [0.25, 0.3) is 0 Å². The van der Waals surface area contributed by atoms with Crippen molar-refractivity contribution in [2.45, 2.75) is 0 Å². The Morgan fingerprint density at radius 1 is 1.00 bits per heavy atom. The van der Waals surface area contributed by atoms with Crippen LogP contribution in [-0.4, -0.2) is 11.1 Å². The summed E-state index contributed by atoms with van der Waals surface area (Å²) in [6.45, 7) is 0. The predicted octanol–water partition coefficient (Wildman–Crippen LogP) is 3.69. The summed E-state index contributed by atoms with van der Waals surface area (Å²) in [5, 5.41) is 14.9. The number of urea groups is 1. The van der Waals surface area contributed by atoms with Crippen LogP contribution in [0.5, 0.6) is 5.75 Å². The topological polar surface area (TPSA) is 61.4 Å². The third kappa shape index (κ3) is 3.15. The Labute approximate surface area is 109 Å². The number of amides is 2. The fraction of sp³-hybridized carbons (Fsp3) is 0. The molecule has 0 heterocycles. The molecular formula is C13H11ClN2O2. The van der Waals surface area contributed by atoms with E-state index in [4.69, 9.17) is 11.6 Å². The standard InChI is InChI=1S/C13H11ClN2O2/c14-11-7-6-10(8-12(11)17)16-13(18)15-9-4-2-1-3-5-9/h1-8,17H,(H2,15,16,18). The number of carbonyl (C=O) groups is 1. The summed E-state index contributed by atoms with van der Waals surface area (Å²) in [4.78, 5) is 11.6. The lowest BCUT2D eigenvalue weighted by Gasteiger charge is -2.08. The fourth-order valence-electron chi connectivity index (χ4n) is 1.41. The largest absolute Gasteiger partial charge is 0.506 e. The maximum atomic E-state index is 11.6. The van der Waals surface area contributed by atoms with Gasteiger partial charge in [-0.05, 0) is 24.3 Å². The second-order valence-corrected chi connectivity index (χ2v) is 4.02. The summed E-state index contributed by atoms with van der Waals surface area (Å²) < 4.78 is 0. The second-order valence-electron chi connectivity index (χ2n) is 3.61. The van der Waals surface area contributed by atoms with Gasteiger partial charge in [-0.1, -0.05) is 29.8 Å². The zero-order valence-corrected chi connectivity index (χ0v) is 10.1. The van der Waals surface area contributed by atoms with Crippen LogP contribution in [0, 0.1) is 0 Å². The summed E-state index contributed by atoms with van der Waals surface area (Å²) in [5.41, 5.74) is 1.15. The van der Waals surface area contributed by atoms with Crippen molar-refractivity contribution >= 4 is 29.0 Å². The highest BCUT2D eigenvalue weighted by molar-refractivity contribution is 6.32. The van der Waals surface area contributed by atoms with E-state index >= 15 is 0 Å². The van der Waals surface area contributed by atoms with Crippen LogP contribution in [-0.2, 0) is 0 Å². The number of aromatic hydroxyl groups is 1. The molecule has 0 bridgehead atoms. The average Bonchev–Trinajstić information content (AvgIpc) is 2.35. The Balaban J connectivity index is 2.01. The maximum absolute atomic E-state index is 11.6. The zero-order chi connectivity index (χ0) is 13.0. The van der Waals surface area contributed by atoms with Crippen molar-refractivity contribution in [2.24, 2.45) is 0 Å². The number of halogens is 1. The van der Waals surface area contributed by atoms with Crippen molar-refractivity contribution in [3.63, 3.8) is 0 Å². The van der Waals surface area contributed by atoms with Crippen LogP contribution >= 0.6 is 11.6 Å². The molecule has 5 heteroatoms. The first kappa shape index (κ1) is 12.3. The van der Waals surface area contributed by atoms with Crippen LogP contribution < -0.4 is 10.6 Å². The molecule has 0 atom stereocenters. The van der Waals surface area contributed by atoms with E-state index in [1.807, 2.05) is 18.2 Å². The van der Waals surface area contributed by atoms with E-state index in [0.29, 0.717) is 11.4 Å². The highest BCUT2D eigenvalue weighted by Crippen LogP contribution is 2.26. The molecular weight excluding hydrogens is 252 g/mol. The molecule has 0 aliphatic heterocycles. The molecule has 18 heavy (non-hydrogen) atoms. The SMILES string of the molecule is O=C(Nc1ccccc1)Nc1ccc(Cl)c(O)c1. The number of nitrogens with one attached hydrogen (secondary N) is 2. The molecule has 0 spiro atoms. The first-order valence-corrected chi connectivity index (χ1v) is 5.64. The van der Waals surface area contributed by atoms with E-state index in [2.05, 4.69) is 10.6 Å². The van der Waals surface area contributed by atoms with Crippen LogP contribution in [0.3, 0.4) is 0 Å². The Morgan fingerprint density at radius 2 is 1.67 bits per heavy atom. The third-order valence-electron chi connectivity index (χ3n) is 2.24. The molecule has 0 fully saturated rings. The van der Waals surface area contributed by atoms with E-state index in [1.165, 1.54) is 12.1 Å². The van der Waals surface area contributed by atoms with E-state index in [1.54, 1.807) is 18.2 Å². The summed E-state index contributed by atoms with van der Waals surface area (Å²) >= 11 is 5.67. The maximum Gasteiger partial charge on any atom is 0.323 e. The smallest absolute Gasteiger partial charge is 0.323 e. The molecule has 4 nitrogen and oxygen atoms in total. The van der Waals surface area contributed by atoms with Gasteiger partial charge in [0.1, 0.15) is 5.75 Å². The van der Waals surface area contributed by atoms with E-state index < -0.39 is 0 Å². The van der Waals surface area contributed by atoms with Crippen LogP contribution in [0.15, 0.2) is 48.5 Å². The number of benzene rings is 2. The van der Waals surface area contributed by atoms with Crippen LogP contribution in [0.2, 0.25) is 5.02 Å². The summed E-state index contributed by atoms with van der Waals surface area (Å²) in [7, 11) is 0. The number of phenolic OH excluding ortho intramolecular Hbond substituents is 1. The monoisotopic (exact) mass is 262 g/mol. The highest BCUT2D eigenvalue weighted by Gasteiger charge is 2.04. The van der Waals surface area contributed by atoms with Gasteiger partial charge in [0.2, 0.25) is 0 Å². The van der Waals surface area contributed by atoms with Crippen molar-refractivity contribution in [1.29, 1.82) is 0 Å². The minimum absolute atomic E-state index is 0.0748. The van der Waals surface area contributed by atoms with Gasteiger partial charge < -0.3 is 15.7 Å². The minimum atomic E-state index is -0.386. The first-order chi connectivity index (χ1) is 8.65. The van der Waals surface area contributed by atoms with Gasteiger partial charge in [0.15, 0.2) is 0 Å². The summed E-state index contributed by atoms with van der Waals surface area (Å²) in [6, 6.07) is 13.2. The molecule has 0 saturated heterocycles. The lowest BCUT2D eigenvalue weighted by molar-refractivity contribution is 0.262. The van der Waals surface area contributed by atoms with Gasteiger partial charge in [0, 0.05) is 17.4 Å². The van der Waals surface area contributed by atoms with Crippen molar-refractivity contribution in [3.05, 3.63) is 53.6 Å². The van der Waals surface area contributed by atoms with Gasteiger partial charge in [-0.25, -0.2) is 4.79 Å². The Hall–Kier alpha value is -2.20. The summed E-state index contributed by atoms with van der Waals surface area (Å²) in [6.07, 6.45) is 0. The van der Waals surface area contributed by atoms with Gasteiger partial charge in [-0.2, -0.15) is 0 Å². The molecule has 0 aliphatic rings. The van der Waals surface area contributed by atoms with Crippen molar-refractivity contribution in [2.75, 3.05) is 10.6 Å². The van der Waals surface area contributed by atoms with Crippen molar-refractivity contribution in [3.8, 4) is 5.75 Å². The van der Waals surface area contributed by atoms with Gasteiger partial charge in [0.05, 0.1) is 5.02 Å². The molecule has 2 amide bonds. The molecule has 0 saturated carbocycles. The Kier molecular flexibility index (Phi) is 3.69. The molecule has 0 unspecified atom stereocenters. The van der Waals surface area contributed by atoms with Crippen molar-refractivity contribution in [1.82, 2.24) is 0 Å². The van der Waals surface area contributed by atoms with Crippen LogP contribution in [0.4, 0.5) is 16.2 Å². The van der Waals surface area contributed by atoms with E-state index in [-0.39, 0.29) is 16.8 Å². The fourth-order valence-corrected chi connectivity index (χ4v) is 1.52. The molecule has 2 rings (SSSR count). The molecule has 2 aromatic rings. The zero-order valence-electron chi connectivity index (χ0n) is 9.35. The molecule has 0 radical (unpaired) electrons.